The van der Waals surface area contributed by atoms with E-state index in [-0.39, 0.29) is 5.69 Å². The van der Waals surface area contributed by atoms with Crippen LogP contribution in [0, 0.1) is 11.6 Å². The molecule has 0 spiro atoms. The van der Waals surface area contributed by atoms with Gasteiger partial charge in [-0.25, -0.2) is 13.6 Å². The van der Waals surface area contributed by atoms with Crippen LogP contribution in [-0.2, 0) is 16.0 Å². The molecule has 1 N–H and O–H groups in total. The summed E-state index contributed by atoms with van der Waals surface area (Å²) in [4.78, 5) is 24.3. The van der Waals surface area contributed by atoms with E-state index in [9.17, 15) is 18.4 Å². The summed E-state index contributed by atoms with van der Waals surface area (Å²) < 4.78 is 31.5. The van der Waals surface area contributed by atoms with Gasteiger partial charge in [0.1, 0.15) is 11.6 Å². The zero-order chi connectivity index (χ0) is 19.9. The lowest BCUT2D eigenvalue weighted by Crippen LogP contribution is -2.22. The molecule has 3 aromatic rings. The Labute approximate surface area is 160 Å². The van der Waals surface area contributed by atoms with Crippen LogP contribution in [0.5, 0.6) is 0 Å². The normalized spacial score (nSPS) is 10.4. The second-order valence-corrected chi connectivity index (χ2v) is 6.07. The molecular weight excluding hydrogens is 364 g/mol. The van der Waals surface area contributed by atoms with Crippen molar-refractivity contribution in [3.8, 4) is 0 Å². The van der Waals surface area contributed by atoms with E-state index in [0.717, 1.165) is 23.3 Å². The van der Waals surface area contributed by atoms with Gasteiger partial charge < -0.3 is 10.1 Å². The minimum Gasteiger partial charge on any atom is -0.452 e. The summed E-state index contributed by atoms with van der Waals surface area (Å²) in [6.07, 6.45) is 0.541. The fraction of sp³-hybridized carbons (Fsp3) is 0.0909. The number of amides is 1. The van der Waals surface area contributed by atoms with Crippen LogP contribution in [0.3, 0.4) is 0 Å². The van der Waals surface area contributed by atoms with Crippen LogP contribution in [0.15, 0.2) is 72.8 Å². The molecule has 3 rings (SSSR count). The summed E-state index contributed by atoms with van der Waals surface area (Å²) in [7, 11) is 0. The lowest BCUT2D eigenvalue weighted by molar-refractivity contribution is -0.119. The van der Waals surface area contributed by atoms with Crippen LogP contribution in [0.4, 0.5) is 14.5 Å². The number of esters is 1. The summed E-state index contributed by atoms with van der Waals surface area (Å²) in [5.41, 5.74) is 1.97. The van der Waals surface area contributed by atoms with Gasteiger partial charge in [0.2, 0.25) is 0 Å². The Balaban J connectivity index is 1.62. The number of hydrogen-bond donors (Lipinski definition) is 1. The number of ether oxygens (including phenoxy) is 1. The number of nitrogens with one attached hydrogen (secondary N) is 1. The zero-order valence-electron chi connectivity index (χ0n) is 14.8. The van der Waals surface area contributed by atoms with Gasteiger partial charge in [0.25, 0.3) is 5.91 Å². The Morgan fingerprint density at radius 3 is 2.36 bits per heavy atom. The molecule has 0 heterocycles. The monoisotopic (exact) mass is 381 g/mol. The van der Waals surface area contributed by atoms with Gasteiger partial charge in [0, 0.05) is 6.07 Å². The molecule has 1 amide bonds. The highest BCUT2D eigenvalue weighted by molar-refractivity contribution is 5.96. The first-order valence-corrected chi connectivity index (χ1v) is 8.57. The fourth-order valence-corrected chi connectivity index (χ4v) is 2.68. The van der Waals surface area contributed by atoms with E-state index in [1.807, 2.05) is 42.5 Å². The third-order valence-corrected chi connectivity index (χ3v) is 4.01. The van der Waals surface area contributed by atoms with Crippen molar-refractivity contribution in [2.75, 3.05) is 11.9 Å². The van der Waals surface area contributed by atoms with Crippen LogP contribution in [0.1, 0.15) is 21.5 Å². The van der Waals surface area contributed by atoms with Gasteiger partial charge in [0.05, 0.1) is 11.3 Å². The second kappa shape index (κ2) is 8.90. The van der Waals surface area contributed by atoms with E-state index in [1.165, 1.54) is 0 Å². The smallest absolute Gasteiger partial charge is 0.338 e. The first kappa shape index (κ1) is 19.2. The average Bonchev–Trinajstić information content (AvgIpc) is 2.69. The summed E-state index contributed by atoms with van der Waals surface area (Å²) in [5, 5.41) is 2.24. The summed E-state index contributed by atoms with van der Waals surface area (Å²) in [5.74, 6) is -3.04. The number of halogens is 2. The second-order valence-electron chi connectivity index (χ2n) is 6.07. The predicted octanol–water partition coefficient (Wildman–Crippen LogP) is 4.35. The van der Waals surface area contributed by atoms with Crippen molar-refractivity contribution in [2.24, 2.45) is 0 Å². The van der Waals surface area contributed by atoms with E-state index in [0.29, 0.717) is 18.1 Å². The molecule has 142 valence electrons. The zero-order valence-corrected chi connectivity index (χ0v) is 14.8. The Bertz CT molecular complexity index is 990. The fourth-order valence-electron chi connectivity index (χ4n) is 2.68. The van der Waals surface area contributed by atoms with E-state index >= 15 is 0 Å². The van der Waals surface area contributed by atoms with Crippen molar-refractivity contribution < 1.29 is 23.1 Å². The number of carbonyl (C=O) groups excluding carboxylic acids is 2. The minimum atomic E-state index is -0.909. The Hall–Kier alpha value is -3.54. The van der Waals surface area contributed by atoms with Gasteiger partial charge in [-0.05, 0) is 35.7 Å². The first-order valence-electron chi connectivity index (χ1n) is 8.57. The lowest BCUT2D eigenvalue weighted by atomic mass is 10.00. The standard InChI is InChI=1S/C22H17F2NO3/c23-17-10-11-20(19(24)13-17)25-21(26)14-28-22(27)18-9-5-4-8-16(18)12-15-6-2-1-3-7-15/h1-11,13H,12,14H2,(H,25,26). The molecule has 0 fully saturated rings. The van der Waals surface area contributed by atoms with Crippen LogP contribution in [-0.4, -0.2) is 18.5 Å². The van der Waals surface area contributed by atoms with Gasteiger partial charge in [-0.2, -0.15) is 0 Å². The Morgan fingerprint density at radius 1 is 0.893 bits per heavy atom. The first-order chi connectivity index (χ1) is 13.5. The van der Waals surface area contributed by atoms with E-state index < -0.39 is 30.1 Å². The van der Waals surface area contributed by atoms with Crippen LogP contribution >= 0.6 is 0 Å². The summed E-state index contributed by atoms with van der Waals surface area (Å²) in [6.45, 7) is -0.588. The molecular formula is C22H17F2NO3. The molecule has 0 aliphatic rings. The molecule has 0 saturated carbocycles. The molecule has 0 aromatic heterocycles. The van der Waals surface area contributed by atoms with Gasteiger partial charge >= 0.3 is 5.97 Å². The van der Waals surface area contributed by atoms with Crippen LogP contribution in [0.25, 0.3) is 0 Å². The number of rotatable bonds is 6. The third-order valence-electron chi connectivity index (χ3n) is 4.01. The van der Waals surface area contributed by atoms with E-state index in [2.05, 4.69) is 5.32 Å². The van der Waals surface area contributed by atoms with Crippen molar-refractivity contribution in [1.29, 1.82) is 0 Å². The largest absolute Gasteiger partial charge is 0.452 e. The van der Waals surface area contributed by atoms with E-state index in [1.54, 1.807) is 12.1 Å². The molecule has 0 radical (unpaired) electrons. The summed E-state index contributed by atoms with van der Waals surface area (Å²) in [6, 6.07) is 19.4. The van der Waals surface area contributed by atoms with Gasteiger partial charge in [-0.15, -0.1) is 0 Å². The Kier molecular flexibility index (Phi) is 6.11. The number of carbonyl (C=O) groups is 2. The highest BCUT2D eigenvalue weighted by Crippen LogP contribution is 2.17. The van der Waals surface area contributed by atoms with Crippen LogP contribution < -0.4 is 5.32 Å². The Morgan fingerprint density at radius 2 is 1.61 bits per heavy atom. The highest BCUT2D eigenvalue weighted by Gasteiger charge is 2.15. The molecule has 0 saturated heterocycles. The van der Waals surface area contributed by atoms with Crippen molar-refractivity contribution in [3.05, 3.63) is 101 Å². The molecule has 28 heavy (non-hydrogen) atoms. The van der Waals surface area contributed by atoms with Gasteiger partial charge in [-0.1, -0.05) is 48.5 Å². The molecule has 0 aliphatic heterocycles. The van der Waals surface area contributed by atoms with Crippen molar-refractivity contribution in [1.82, 2.24) is 0 Å². The molecule has 4 nitrogen and oxygen atoms in total. The minimum absolute atomic E-state index is 0.188. The number of hydrogen-bond acceptors (Lipinski definition) is 3. The molecule has 0 unspecified atom stereocenters. The molecule has 0 aliphatic carbocycles. The van der Waals surface area contributed by atoms with Crippen molar-refractivity contribution in [3.63, 3.8) is 0 Å². The predicted molar refractivity (Wildman–Crippen MR) is 101 cm³/mol. The molecule has 0 atom stereocenters. The highest BCUT2D eigenvalue weighted by atomic mass is 19.1. The van der Waals surface area contributed by atoms with Crippen LogP contribution in [0.2, 0.25) is 0 Å². The molecule has 3 aromatic carbocycles. The SMILES string of the molecule is O=C(COC(=O)c1ccccc1Cc1ccccc1)Nc1ccc(F)cc1F. The van der Waals surface area contributed by atoms with Crippen molar-refractivity contribution in [2.45, 2.75) is 6.42 Å². The third kappa shape index (κ3) is 5.01. The number of benzene rings is 3. The maximum absolute atomic E-state index is 13.6. The average molecular weight is 381 g/mol. The van der Waals surface area contributed by atoms with Crippen molar-refractivity contribution >= 4 is 17.6 Å². The quantitative estimate of drug-likeness (QED) is 0.646. The molecule has 0 bridgehead atoms. The van der Waals surface area contributed by atoms with Gasteiger partial charge in [0.15, 0.2) is 6.61 Å². The summed E-state index contributed by atoms with van der Waals surface area (Å²) >= 11 is 0. The maximum atomic E-state index is 13.6. The number of anilines is 1. The maximum Gasteiger partial charge on any atom is 0.338 e. The van der Waals surface area contributed by atoms with Gasteiger partial charge in [-0.3, -0.25) is 4.79 Å². The topological polar surface area (TPSA) is 55.4 Å². The van der Waals surface area contributed by atoms with E-state index in [4.69, 9.17) is 4.74 Å². The molecule has 6 heteroatoms. The lowest BCUT2D eigenvalue weighted by Gasteiger charge is -2.10.